The highest BCUT2D eigenvalue weighted by molar-refractivity contribution is 6.04. The van der Waals surface area contributed by atoms with Gasteiger partial charge in [0.15, 0.2) is 5.82 Å². The van der Waals surface area contributed by atoms with E-state index in [0.717, 1.165) is 29.7 Å². The predicted molar refractivity (Wildman–Crippen MR) is 139 cm³/mol. The lowest BCUT2D eigenvalue weighted by molar-refractivity contribution is 0.0739. The van der Waals surface area contributed by atoms with Gasteiger partial charge in [-0.05, 0) is 64.8 Å². The summed E-state index contributed by atoms with van der Waals surface area (Å²) >= 11 is 0. The lowest BCUT2D eigenvalue weighted by atomic mass is 9.99. The number of hydrogen-bond donors (Lipinski definition) is 2. The van der Waals surface area contributed by atoms with Crippen LogP contribution >= 0.6 is 0 Å². The monoisotopic (exact) mass is 499 g/mol. The van der Waals surface area contributed by atoms with Gasteiger partial charge in [0.2, 0.25) is 0 Å². The van der Waals surface area contributed by atoms with E-state index in [1.54, 1.807) is 61.3 Å². The molecule has 190 valence electrons. The molecule has 0 aromatic carbocycles. The summed E-state index contributed by atoms with van der Waals surface area (Å²) in [6.45, 7) is 7.94. The van der Waals surface area contributed by atoms with Gasteiger partial charge in [-0.15, -0.1) is 10.2 Å². The molecule has 10 heteroatoms. The van der Waals surface area contributed by atoms with Crippen molar-refractivity contribution in [1.82, 2.24) is 29.3 Å². The number of amides is 1. The van der Waals surface area contributed by atoms with Crippen LogP contribution in [0.15, 0.2) is 53.7 Å². The lowest BCUT2D eigenvalue weighted by Gasteiger charge is -2.17. The Hall–Kier alpha value is -4.18. The van der Waals surface area contributed by atoms with Crippen molar-refractivity contribution in [3.63, 3.8) is 0 Å². The van der Waals surface area contributed by atoms with Crippen molar-refractivity contribution in [2.75, 3.05) is 5.32 Å². The molecule has 0 spiro atoms. The van der Waals surface area contributed by atoms with E-state index >= 15 is 0 Å². The highest BCUT2D eigenvalue weighted by atomic mass is 16.3. The zero-order chi connectivity index (χ0) is 26.3. The van der Waals surface area contributed by atoms with Crippen molar-refractivity contribution in [2.45, 2.75) is 58.7 Å². The van der Waals surface area contributed by atoms with Crippen LogP contribution in [0, 0.1) is 0 Å². The minimum atomic E-state index is -1.07. The SMILES string of the molecule is CC(C)n1cnnc1-c1cccc(NC(=O)c2cc(-c3ccc(C(C)(C)O)nc3)c3n(c2=O)CCC3)n1. The Bertz CT molecular complexity index is 1530. The summed E-state index contributed by atoms with van der Waals surface area (Å²) in [6.07, 6.45) is 4.87. The third-order valence-corrected chi connectivity index (χ3v) is 6.49. The minimum Gasteiger partial charge on any atom is -0.384 e. The van der Waals surface area contributed by atoms with Crippen LogP contribution in [0.2, 0.25) is 0 Å². The third kappa shape index (κ3) is 4.67. The second-order valence-electron chi connectivity index (χ2n) is 9.99. The molecule has 1 aliphatic rings. The second-order valence-corrected chi connectivity index (χ2v) is 9.99. The van der Waals surface area contributed by atoms with Gasteiger partial charge >= 0.3 is 0 Å². The summed E-state index contributed by atoms with van der Waals surface area (Å²) in [5.41, 5.74) is 2.18. The number of carbonyl (C=O) groups excluding carboxylic acids is 1. The molecule has 10 nitrogen and oxygen atoms in total. The van der Waals surface area contributed by atoms with Crippen LogP contribution in [0.5, 0.6) is 0 Å². The topological polar surface area (TPSA) is 128 Å². The van der Waals surface area contributed by atoms with Crippen molar-refractivity contribution < 1.29 is 9.90 Å². The molecule has 0 unspecified atom stereocenters. The number of rotatable bonds is 6. The van der Waals surface area contributed by atoms with Gasteiger partial charge in [0.1, 0.15) is 29.0 Å². The Balaban J connectivity index is 1.49. The van der Waals surface area contributed by atoms with E-state index in [9.17, 15) is 14.7 Å². The number of hydrogen-bond acceptors (Lipinski definition) is 7. The molecule has 4 aromatic heterocycles. The number of aliphatic hydroxyl groups is 1. The number of fused-ring (bicyclic) bond motifs is 1. The summed E-state index contributed by atoms with van der Waals surface area (Å²) in [7, 11) is 0. The van der Waals surface area contributed by atoms with E-state index in [-0.39, 0.29) is 17.2 Å². The zero-order valence-electron chi connectivity index (χ0n) is 21.3. The quantitative estimate of drug-likeness (QED) is 0.415. The van der Waals surface area contributed by atoms with Gasteiger partial charge in [0, 0.05) is 35.6 Å². The fourth-order valence-electron chi connectivity index (χ4n) is 4.56. The largest absolute Gasteiger partial charge is 0.384 e. The van der Waals surface area contributed by atoms with Crippen molar-refractivity contribution in [3.05, 3.63) is 76.2 Å². The molecular formula is C27H29N7O3. The summed E-state index contributed by atoms with van der Waals surface area (Å²) in [5, 5.41) is 21.2. The first-order valence-electron chi connectivity index (χ1n) is 12.3. The average molecular weight is 500 g/mol. The van der Waals surface area contributed by atoms with Crippen LogP contribution in [0.4, 0.5) is 5.82 Å². The molecule has 0 fully saturated rings. The lowest BCUT2D eigenvalue weighted by Crippen LogP contribution is -2.29. The molecule has 5 heterocycles. The molecule has 4 aromatic rings. The first kappa shape index (κ1) is 24.5. The summed E-state index contributed by atoms with van der Waals surface area (Å²) in [4.78, 5) is 35.5. The maximum atomic E-state index is 13.3. The van der Waals surface area contributed by atoms with E-state index in [1.807, 2.05) is 24.5 Å². The number of carbonyl (C=O) groups is 1. The van der Waals surface area contributed by atoms with Crippen LogP contribution in [-0.4, -0.2) is 40.3 Å². The first-order chi connectivity index (χ1) is 17.6. The van der Waals surface area contributed by atoms with Crippen LogP contribution < -0.4 is 10.9 Å². The minimum absolute atomic E-state index is 0.0322. The third-order valence-electron chi connectivity index (χ3n) is 6.49. The van der Waals surface area contributed by atoms with Crippen molar-refractivity contribution in [3.8, 4) is 22.6 Å². The van der Waals surface area contributed by atoms with Crippen LogP contribution in [0.1, 0.15) is 61.9 Å². The highest BCUT2D eigenvalue weighted by Gasteiger charge is 2.24. The number of aromatic nitrogens is 6. The van der Waals surface area contributed by atoms with Gasteiger partial charge in [-0.3, -0.25) is 14.6 Å². The standard InChI is InChI=1S/C27H29N7O3/c1-16(2)34-15-29-32-24(34)20-7-5-9-23(30-20)31-25(35)19-13-18(21-8-6-12-33(21)26(19)36)17-10-11-22(28-14-17)27(3,4)37/h5,7,9-11,13-16,37H,6,8,12H2,1-4H3,(H,30,31,35). The zero-order valence-corrected chi connectivity index (χ0v) is 21.3. The molecule has 0 saturated heterocycles. The molecule has 0 aliphatic carbocycles. The Morgan fingerprint density at radius 1 is 1.19 bits per heavy atom. The number of nitrogens with zero attached hydrogens (tertiary/aromatic N) is 6. The summed E-state index contributed by atoms with van der Waals surface area (Å²) in [6, 6.07) is 10.6. The smallest absolute Gasteiger partial charge is 0.263 e. The maximum Gasteiger partial charge on any atom is 0.263 e. The number of anilines is 1. The van der Waals surface area contributed by atoms with Crippen LogP contribution in [0.25, 0.3) is 22.6 Å². The van der Waals surface area contributed by atoms with Gasteiger partial charge in [-0.25, -0.2) is 4.98 Å². The van der Waals surface area contributed by atoms with E-state index in [4.69, 9.17) is 0 Å². The Labute approximate surface area is 214 Å². The molecule has 1 aliphatic heterocycles. The molecule has 0 atom stereocenters. The highest BCUT2D eigenvalue weighted by Crippen LogP contribution is 2.29. The Morgan fingerprint density at radius 2 is 2.00 bits per heavy atom. The van der Waals surface area contributed by atoms with Crippen molar-refractivity contribution in [1.29, 1.82) is 0 Å². The number of nitrogens with one attached hydrogen (secondary N) is 1. The van der Waals surface area contributed by atoms with Crippen molar-refractivity contribution in [2.24, 2.45) is 0 Å². The van der Waals surface area contributed by atoms with Gasteiger partial charge in [0.25, 0.3) is 11.5 Å². The van der Waals surface area contributed by atoms with Crippen LogP contribution in [0.3, 0.4) is 0 Å². The van der Waals surface area contributed by atoms with E-state index in [0.29, 0.717) is 29.6 Å². The first-order valence-corrected chi connectivity index (χ1v) is 12.3. The summed E-state index contributed by atoms with van der Waals surface area (Å²) in [5.74, 6) is 0.362. The van der Waals surface area contributed by atoms with E-state index in [1.165, 1.54) is 0 Å². The molecule has 5 rings (SSSR count). The fourth-order valence-corrected chi connectivity index (χ4v) is 4.56. The van der Waals surface area contributed by atoms with Gasteiger partial charge in [-0.2, -0.15) is 0 Å². The van der Waals surface area contributed by atoms with Crippen LogP contribution in [-0.2, 0) is 18.6 Å². The molecule has 37 heavy (non-hydrogen) atoms. The molecule has 2 N–H and O–H groups in total. The second kappa shape index (κ2) is 9.36. The van der Waals surface area contributed by atoms with E-state index in [2.05, 4.69) is 25.5 Å². The van der Waals surface area contributed by atoms with Crippen molar-refractivity contribution >= 4 is 11.7 Å². The van der Waals surface area contributed by atoms with E-state index < -0.39 is 11.5 Å². The molecule has 0 bridgehead atoms. The molecule has 0 saturated carbocycles. The Kier molecular flexibility index (Phi) is 6.20. The normalized spacial score (nSPS) is 13.1. The number of pyridine rings is 3. The predicted octanol–water partition coefficient (Wildman–Crippen LogP) is 3.57. The van der Waals surface area contributed by atoms with Gasteiger partial charge in [-0.1, -0.05) is 12.1 Å². The Morgan fingerprint density at radius 3 is 2.70 bits per heavy atom. The summed E-state index contributed by atoms with van der Waals surface area (Å²) < 4.78 is 3.56. The average Bonchev–Trinajstić information content (AvgIpc) is 3.55. The molecule has 1 amide bonds. The fraction of sp³-hybridized carbons (Fsp3) is 0.333. The van der Waals surface area contributed by atoms with Gasteiger partial charge in [0.05, 0.1) is 5.69 Å². The van der Waals surface area contributed by atoms with Gasteiger partial charge < -0.3 is 19.6 Å². The maximum absolute atomic E-state index is 13.3. The molecule has 0 radical (unpaired) electrons. The molecular weight excluding hydrogens is 470 g/mol.